The van der Waals surface area contributed by atoms with Gasteiger partial charge in [0.1, 0.15) is 13.2 Å². The van der Waals surface area contributed by atoms with Crippen molar-refractivity contribution in [1.82, 2.24) is 0 Å². The van der Waals surface area contributed by atoms with E-state index in [1.54, 1.807) is 11.8 Å². The maximum atomic E-state index is 6.27. The number of nitrogens with two attached hydrogens (primary N) is 1. The SMILES string of the molecule is NC(CSc1ccccc1Cl)c1ccc2c(c1)OCCO2. The van der Waals surface area contributed by atoms with E-state index in [1.165, 1.54) is 0 Å². The summed E-state index contributed by atoms with van der Waals surface area (Å²) in [5, 5.41) is 0.761. The topological polar surface area (TPSA) is 44.5 Å². The zero-order valence-electron chi connectivity index (χ0n) is 11.4. The minimum Gasteiger partial charge on any atom is -0.486 e. The van der Waals surface area contributed by atoms with E-state index in [-0.39, 0.29) is 6.04 Å². The van der Waals surface area contributed by atoms with Gasteiger partial charge in [-0.15, -0.1) is 11.8 Å². The molecule has 5 heteroatoms. The second-order valence-corrected chi connectivity index (χ2v) is 6.22. The van der Waals surface area contributed by atoms with Gasteiger partial charge in [-0.05, 0) is 29.8 Å². The zero-order valence-corrected chi connectivity index (χ0v) is 13.0. The molecule has 3 nitrogen and oxygen atoms in total. The largest absolute Gasteiger partial charge is 0.486 e. The van der Waals surface area contributed by atoms with Crippen LogP contribution in [0, 0.1) is 0 Å². The molecule has 0 radical (unpaired) electrons. The molecule has 0 saturated heterocycles. The second kappa shape index (κ2) is 6.60. The average Bonchev–Trinajstić information content (AvgIpc) is 2.53. The third-order valence-corrected chi connectivity index (χ3v) is 4.88. The number of benzene rings is 2. The Kier molecular flexibility index (Phi) is 4.58. The molecule has 3 rings (SSSR count). The van der Waals surface area contributed by atoms with Gasteiger partial charge in [0, 0.05) is 16.7 Å². The van der Waals surface area contributed by atoms with E-state index in [4.69, 9.17) is 26.8 Å². The van der Waals surface area contributed by atoms with E-state index >= 15 is 0 Å². The summed E-state index contributed by atoms with van der Waals surface area (Å²) < 4.78 is 11.1. The molecule has 2 N–H and O–H groups in total. The molecule has 0 bridgehead atoms. The molecular formula is C16H16ClNO2S. The molecule has 0 aromatic heterocycles. The Morgan fingerprint density at radius 3 is 2.67 bits per heavy atom. The molecular weight excluding hydrogens is 306 g/mol. The van der Waals surface area contributed by atoms with Crippen LogP contribution in [0.2, 0.25) is 5.02 Å². The standard InChI is InChI=1S/C16H16ClNO2S/c17-12-3-1-2-4-16(12)21-10-13(18)11-5-6-14-15(9-11)20-8-7-19-14/h1-6,9,13H,7-8,10,18H2. The van der Waals surface area contributed by atoms with Crippen LogP contribution in [0.5, 0.6) is 11.5 Å². The number of hydrogen-bond acceptors (Lipinski definition) is 4. The molecule has 1 atom stereocenters. The van der Waals surface area contributed by atoms with Crippen molar-refractivity contribution >= 4 is 23.4 Å². The van der Waals surface area contributed by atoms with E-state index in [1.807, 2.05) is 42.5 Å². The van der Waals surface area contributed by atoms with Crippen LogP contribution in [0.25, 0.3) is 0 Å². The van der Waals surface area contributed by atoms with E-state index in [0.29, 0.717) is 13.2 Å². The molecule has 0 spiro atoms. The van der Waals surface area contributed by atoms with Crippen LogP contribution >= 0.6 is 23.4 Å². The highest BCUT2D eigenvalue weighted by molar-refractivity contribution is 7.99. The van der Waals surface area contributed by atoms with Crippen molar-refractivity contribution in [3.05, 3.63) is 53.1 Å². The Balaban J connectivity index is 1.68. The lowest BCUT2D eigenvalue weighted by Crippen LogP contribution is -2.17. The van der Waals surface area contributed by atoms with Gasteiger partial charge in [-0.3, -0.25) is 0 Å². The van der Waals surface area contributed by atoms with Crippen molar-refractivity contribution in [2.75, 3.05) is 19.0 Å². The van der Waals surface area contributed by atoms with Gasteiger partial charge in [-0.1, -0.05) is 29.8 Å². The van der Waals surface area contributed by atoms with Gasteiger partial charge in [-0.25, -0.2) is 0 Å². The van der Waals surface area contributed by atoms with E-state index in [0.717, 1.165) is 32.7 Å². The van der Waals surface area contributed by atoms with Crippen LogP contribution in [0.15, 0.2) is 47.4 Å². The smallest absolute Gasteiger partial charge is 0.161 e. The number of halogens is 1. The van der Waals surface area contributed by atoms with Crippen LogP contribution in [-0.2, 0) is 0 Å². The molecule has 0 aliphatic carbocycles. The van der Waals surface area contributed by atoms with Gasteiger partial charge in [0.25, 0.3) is 0 Å². The molecule has 1 heterocycles. The van der Waals surface area contributed by atoms with Gasteiger partial charge >= 0.3 is 0 Å². The van der Waals surface area contributed by atoms with Gasteiger partial charge in [-0.2, -0.15) is 0 Å². The summed E-state index contributed by atoms with van der Waals surface area (Å²) in [5.74, 6) is 2.32. The lowest BCUT2D eigenvalue weighted by Gasteiger charge is -2.20. The number of hydrogen-bond donors (Lipinski definition) is 1. The first-order valence-corrected chi connectivity index (χ1v) is 8.13. The Labute approximate surface area is 133 Å². The molecule has 1 unspecified atom stereocenters. The molecule has 0 amide bonds. The predicted molar refractivity (Wildman–Crippen MR) is 86.5 cm³/mol. The fourth-order valence-corrected chi connectivity index (χ4v) is 3.36. The van der Waals surface area contributed by atoms with E-state index in [2.05, 4.69) is 0 Å². The fraction of sp³-hybridized carbons (Fsp3) is 0.250. The highest BCUT2D eigenvalue weighted by atomic mass is 35.5. The number of thioether (sulfide) groups is 1. The van der Waals surface area contributed by atoms with Crippen LogP contribution in [0.1, 0.15) is 11.6 Å². The quantitative estimate of drug-likeness (QED) is 0.867. The molecule has 1 aliphatic heterocycles. The average molecular weight is 322 g/mol. The van der Waals surface area contributed by atoms with Gasteiger partial charge in [0.15, 0.2) is 11.5 Å². The number of ether oxygens (including phenoxy) is 2. The third kappa shape index (κ3) is 3.46. The Hall–Kier alpha value is -1.36. The molecule has 0 fully saturated rings. The third-order valence-electron chi connectivity index (χ3n) is 3.25. The Bertz CT molecular complexity index is 635. The van der Waals surface area contributed by atoms with Crippen molar-refractivity contribution < 1.29 is 9.47 Å². The Morgan fingerprint density at radius 1 is 1.10 bits per heavy atom. The summed E-state index contributed by atoms with van der Waals surface area (Å²) in [6, 6.07) is 13.6. The summed E-state index contributed by atoms with van der Waals surface area (Å²) in [6.07, 6.45) is 0. The van der Waals surface area contributed by atoms with Gasteiger partial charge in [0.2, 0.25) is 0 Å². The summed E-state index contributed by atoms with van der Waals surface area (Å²) >= 11 is 7.81. The summed E-state index contributed by atoms with van der Waals surface area (Å²) in [6.45, 7) is 1.18. The molecule has 21 heavy (non-hydrogen) atoms. The van der Waals surface area contributed by atoms with E-state index in [9.17, 15) is 0 Å². The minimum absolute atomic E-state index is 0.0814. The summed E-state index contributed by atoms with van der Waals surface area (Å²) in [4.78, 5) is 1.05. The lowest BCUT2D eigenvalue weighted by molar-refractivity contribution is 0.171. The maximum Gasteiger partial charge on any atom is 0.161 e. The zero-order chi connectivity index (χ0) is 14.7. The number of rotatable bonds is 4. The molecule has 2 aromatic rings. The Morgan fingerprint density at radius 2 is 1.86 bits per heavy atom. The molecule has 1 aliphatic rings. The van der Waals surface area contributed by atoms with Crippen LogP contribution in [0.3, 0.4) is 0 Å². The number of fused-ring (bicyclic) bond motifs is 1. The monoisotopic (exact) mass is 321 g/mol. The van der Waals surface area contributed by atoms with Crippen molar-refractivity contribution in [1.29, 1.82) is 0 Å². The molecule has 0 saturated carbocycles. The normalized spacial score (nSPS) is 14.8. The predicted octanol–water partition coefficient (Wildman–Crippen LogP) is 3.90. The maximum absolute atomic E-state index is 6.27. The van der Waals surface area contributed by atoms with Crippen molar-refractivity contribution in [3.63, 3.8) is 0 Å². The lowest BCUT2D eigenvalue weighted by atomic mass is 10.1. The van der Waals surface area contributed by atoms with Gasteiger partial charge < -0.3 is 15.2 Å². The first-order valence-electron chi connectivity index (χ1n) is 6.76. The van der Waals surface area contributed by atoms with Crippen molar-refractivity contribution in [2.24, 2.45) is 5.73 Å². The highest BCUT2D eigenvalue weighted by Crippen LogP contribution is 2.34. The van der Waals surface area contributed by atoms with Crippen molar-refractivity contribution in [2.45, 2.75) is 10.9 Å². The highest BCUT2D eigenvalue weighted by Gasteiger charge is 2.15. The first kappa shape index (κ1) is 14.6. The molecule has 110 valence electrons. The van der Waals surface area contributed by atoms with Crippen LogP contribution in [-0.4, -0.2) is 19.0 Å². The van der Waals surface area contributed by atoms with Crippen LogP contribution < -0.4 is 15.2 Å². The van der Waals surface area contributed by atoms with E-state index < -0.39 is 0 Å². The van der Waals surface area contributed by atoms with Crippen molar-refractivity contribution in [3.8, 4) is 11.5 Å². The fourth-order valence-electron chi connectivity index (χ4n) is 2.13. The summed E-state index contributed by atoms with van der Waals surface area (Å²) in [7, 11) is 0. The first-order chi connectivity index (χ1) is 10.2. The summed E-state index contributed by atoms with van der Waals surface area (Å²) in [5.41, 5.74) is 7.31. The van der Waals surface area contributed by atoms with Gasteiger partial charge in [0.05, 0.1) is 5.02 Å². The molecule has 2 aromatic carbocycles. The van der Waals surface area contributed by atoms with Crippen LogP contribution in [0.4, 0.5) is 0 Å². The minimum atomic E-state index is -0.0814. The second-order valence-electron chi connectivity index (χ2n) is 4.75.